The first-order chi connectivity index (χ1) is 9.56. The number of aliphatic imine (C=N–C) groups is 1. The van der Waals surface area contributed by atoms with Crippen LogP contribution in [0.2, 0.25) is 0 Å². The summed E-state index contributed by atoms with van der Waals surface area (Å²) >= 11 is 0. The molecular formula is C14H18N4O2. The molecule has 0 aliphatic carbocycles. The van der Waals surface area contributed by atoms with Gasteiger partial charge in [0, 0.05) is 26.9 Å². The van der Waals surface area contributed by atoms with Gasteiger partial charge in [-0.2, -0.15) is 5.26 Å². The molecule has 1 amide bonds. The summed E-state index contributed by atoms with van der Waals surface area (Å²) in [6, 6.07) is 7.09. The third kappa shape index (κ3) is 5.08. The number of hydrogen-bond donors (Lipinski definition) is 1. The summed E-state index contributed by atoms with van der Waals surface area (Å²) in [5.41, 5.74) is 1.55. The lowest BCUT2D eigenvalue weighted by atomic mass is 10.1. The fourth-order valence-electron chi connectivity index (χ4n) is 1.41. The van der Waals surface area contributed by atoms with Crippen LogP contribution in [0.15, 0.2) is 23.2 Å². The summed E-state index contributed by atoms with van der Waals surface area (Å²) in [6.07, 6.45) is 1.89. The van der Waals surface area contributed by atoms with E-state index in [1.165, 1.54) is 0 Å². The van der Waals surface area contributed by atoms with Gasteiger partial charge in [-0.25, -0.2) is 4.99 Å². The molecule has 1 rings (SSSR count). The predicted octanol–water partition coefficient (Wildman–Crippen LogP) is 1.75. The number of anilines is 1. The second kappa shape index (κ2) is 7.92. The molecule has 6 heteroatoms. The Hall–Kier alpha value is -2.39. The molecule has 106 valence electrons. The highest BCUT2D eigenvalue weighted by Gasteiger charge is 2.06. The minimum absolute atomic E-state index is 0.153. The Bertz CT molecular complexity index is 532. The summed E-state index contributed by atoms with van der Waals surface area (Å²) in [6.45, 7) is 0.363. The highest BCUT2D eigenvalue weighted by molar-refractivity contribution is 5.91. The van der Waals surface area contributed by atoms with Crippen LogP contribution in [-0.2, 0) is 9.53 Å². The van der Waals surface area contributed by atoms with Crippen LogP contribution in [0.5, 0.6) is 0 Å². The van der Waals surface area contributed by atoms with E-state index in [9.17, 15) is 4.79 Å². The van der Waals surface area contributed by atoms with Gasteiger partial charge in [0.25, 0.3) is 0 Å². The summed E-state index contributed by atoms with van der Waals surface area (Å²) in [5.74, 6) is -0.153. The largest absolute Gasteiger partial charge is 0.384 e. The number of benzene rings is 1. The molecule has 0 aliphatic heterocycles. The van der Waals surface area contributed by atoms with Crippen molar-refractivity contribution in [2.45, 2.75) is 6.42 Å². The van der Waals surface area contributed by atoms with Crippen molar-refractivity contribution in [1.29, 1.82) is 5.26 Å². The monoisotopic (exact) mass is 274 g/mol. The lowest BCUT2D eigenvalue weighted by Crippen LogP contribution is -2.13. The van der Waals surface area contributed by atoms with Gasteiger partial charge in [-0.05, 0) is 18.2 Å². The van der Waals surface area contributed by atoms with Gasteiger partial charge in [-0.3, -0.25) is 4.79 Å². The number of carbonyl (C=O) groups excluding carboxylic acids is 1. The molecule has 1 N–H and O–H groups in total. The highest BCUT2D eigenvalue weighted by atomic mass is 16.5. The van der Waals surface area contributed by atoms with Crippen molar-refractivity contribution in [2.75, 3.05) is 33.1 Å². The SMILES string of the molecule is COCCC(=O)Nc1ccc(N=CN(C)C)c(C#N)c1. The van der Waals surface area contributed by atoms with E-state index in [1.807, 2.05) is 14.1 Å². The lowest BCUT2D eigenvalue weighted by Gasteiger charge is -2.07. The minimum Gasteiger partial charge on any atom is -0.384 e. The summed E-state index contributed by atoms with van der Waals surface area (Å²) in [4.78, 5) is 17.5. The zero-order valence-corrected chi connectivity index (χ0v) is 11.9. The van der Waals surface area contributed by atoms with Crippen LogP contribution >= 0.6 is 0 Å². The molecule has 6 nitrogen and oxygen atoms in total. The first-order valence-electron chi connectivity index (χ1n) is 6.10. The number of nitrogens with zero attached hydrogens (tertiary/aromatic N) is 3. The van der Waals surface area contributed by atoms with Crippen molar-refractivity contribution >= 4 is 23.6 Å². The molecule has 0 heterocycles. The van der Waals surface area contributed by atoms with Crippen LogP contribution in [0.3, 0.4) is 0 Å². The summed E-state index contributed by atoms with van der Waals surface area (Å²) < 4.78 is 4.83. The van der Waals surface area contributed by atoms with E-state index >= 15 is 0 Å². The number of ether oxygens (including phenoxy) is 1. The maximum atomic E-state index is 11.6. The van der Waals surface area contributed by atoms with Crippen molar-refractivity contribution < 1.29 is 9.53 Å². The van der Waals surface area contributed by atoms with E-state index in [4.69, 9.17) is 10.00 Å². The van der Waals surface area contributed by atoms with Crippen molar-refractivity contribution in [1.82, 2.24) is 4.90 Å². The normalized spacial score (nSPS) is 10.3. The summed E-state index contributed by atoms with van der Waals surface area (Å²) in [5, 5.41) is 11.8. The predicted molar refractivity (Wildman–Crippen MR) is 78.1 cm³/mol. The Balaban J connectivity index is 2.82. The van der Waals surface area contributed by atoms with E-state index in [0.717, 1.165) is 0 Å². The van der Waals surface area contributed by atoms with Gasteiger partial charge in [0.05, 0.1) is 30.6 Å². The fourth-order valence-corrected chi connectivity index (χ4v) is 1.41. The van der Waals surface area contributed by atoms with Gasteiger partial charge in [0.15, 0.2) is 0 Å². The van der Waals surface area contributed by atoms with Crippen molar-refractivity contribution in [3.63, 3.8) is 0 Å². The zero-order valence-electron chi connectivity index (χ0n) is 11.9. The molecule has 0 atom stereocenters. The molecule has 0 saturated carbocycles. The van der Waals surface area contributed by atoms with E-state index in [-0.39, 0.29) is 12.3 Å². The molecule has 0 bridgehead atoms. The molecule has 1 aromatic carbocycles. The number of amides is 1. The molecule has 0 aromatic heterocycles. The first kappa shape index (κ1) is 15.7. The van der Waals surface area contributed by atoms with E-state index in [1.54, 1.807) is 36.5 Å². The first-order valence-corrected chi connectivity index (χ1v) is 6.10. The summed E-state index contributed by atoms with van der Waals surface area (Å²) in [7, 11) is 5.23. The van der Waals surface area contributed by atoms with Gasteiger partial charge < -0.3 is 15.0 Å². The zero-order chi connectivity index (χ0) is 15.0. The fraction of sp³-hybridized carbons (Fsp3) is 0.357. The van der Waals surface area contributed by atoms with Crippen molar-refractivity contribution in [3.05, 3.63) is 23.8 Å². The van der Waals surface area contributed by atoms with E-state index in [2.05, 4.69) is 16.4 Å². The Morgan fingerprint density at radius 1 is 1.55 bits per heavy atom. The van der Waals surface area contributed by atoms with Gasteiger partial charge in [-0.15, -0.1) is 0 Å². The maximum absolute atomic E-state index is 11.6. The molecule has 20 heavy (non-hydrogen) atoms. The molecule has 0 aliphatic rings. The van der Waals surface area contributed by atoms with Crippen LogP contribution in [0.25, 0.3) is 0 Å². The standard InChI is InChI=1S/C14H18N4O2/c1-18(2)10-16-13-5-4-12(8-11(13)9-15)17-14(19)6-7-20-3/h4-5,8,10H,6-7H2,1-3H3,(H,17,19). The average Bonchev–Trinajstić information content (AvgIpc) is 2.43. The second-order valence-electron chi connectivity index (χ2n) is 4.34. The Morgan fingerprint density at radius 3 is 2.90 bits per heavy atom. The molecule has 0 unspecified atom stereocenters. The van der Waals surface area contributed by atoms with Crippen LogP contribution in [0.4, 0.5) is 11.4 Å². The third-order valence-electron chi connectivity index (χ3n) is 2.36. The molecule has 0 fully saturated rings. The quantitative estimate of drug-likeness (QED) is 0.633. The van der Waals surface area contributed by atoms with Gasteiger partial charge in [0.1, 0.15) is 6.07 Å². The number of nitriles is 1. The van der Waals surface area contributed by atoms with Crippen LogP contribution in [-0.4, -0.2) is 45.0 Å². The van der Waals surface area contributed by atoms with Crippen molar-refractivity contribution in [3.8, 4) is 6.07 Å². The topological polar surface area (TPSA) is 77.7 Å². The number of rotatable bonds is 6. The highest BCUT2D eigenvalue weighted by Crippen LogP contribution is 2.22. The Morgan fingerprint density at radius 2 is 2.30 bits per heavy atom. The van der Waals surface area contributed by atoms with Crippen LogP contribution in [0.1, 0.15) is 12.0 Å². The minimum atomic E-state index is -0.153. The van der Waals surface area contributed by atoms with Crippen LogP contribution < -0.4 is 5.32 Å². The molecule has 1 aromatic rings. The van der Waals surface area contributed by atoms with E-state index in [0.29, 0.717) is 23.5 Å². The second-order valence-corrected chi connectivity index (χ2v) is 4.34. The smallest absolute Gasteiger partial charge is 0.226 e. The van der Waals surface area contributed by atoms with Crippen molar-refractivity contribution in [2.24, 2.45) is 4.99 Å². The Kier molecular flexibility index (Phi) is 6.20. The van der Waals surface area contributed by atoms with Gasteiger partial charge >= 0.3 is 0 Å². The van der Waals surface area contributed by atoms with Gasteiger partial charge in [0.2, 0.25) is 5.91 Å². The third-order valence-corrected chi connectivity index (χ3v) is 2.36. The number of methoxy groups -OCH3 is 1. The van der Waals surface area contributed by atoms with Gasteiger partial charge in [-0.1, -0.05) is 0 Å². The molecular weight excluding hydrogens is 256 g/mol. The lowest BCUT2D eigenvalue weighted by molar-refractivity contribution is -0.117. The van der Waals surface area contributed by atoms with E-state index < -0.39 is 0 Å². The Labute approximate surface area is 118 Å². The number of nitrogens with one attached hydrogen (secondary N) is 1. The molecule has 0 spiro atoms. The number of hydrogen-bond acceptors (Lipinski definition) is 4. The van der Waals surface area contributed by atoms with Crippen LogP contribution in [0, 0.1) is 11.3 Å². The number of carbonyl (C=O) groups is 1. The maximum Gasteiger partial charge on any atom is 0.226 e. The average molecular weight is 274 g/mol. The molecule has 0 radical (unpaired) electrons. The molecule has 0 saturated heterocycles.